The van der Waals surface area contributed by atoms with Gasteiger partial charge < -0.3 is 4.74 Å². The van der Waals surface area contributed by atoms with Crippen LogP contribution >= 0.6 is 27.7 Å². The van der Waals surface area contributed by atoms with Crippen LogP contribution < -0.4 is 4.74 Å². The number of imide groups is 1. The molecule has 0 saturated carbocycles. The Kier molecular flexibility index (Phi) is 7.14. The average molecular weight is 539 g/mol. The van der Waals surface area contributed by atoms with Gasteiger partial charge in [0.25, 0.3) is 16.8 Å². The van der Waals surface area contributed by atoms with Crippen molar-refractivity contribution in [3.8, 4) is 5.75 Å². The second-order valence-corrected chi connectivity index (χ2v) is 9.46. The van der Waals surface area contributed by atoms with Gasteiger partial charge >= 0.3 is 0 Å². The fraction of sp³-hybridized carbons (Fsp3) is 0.120. The van der Waals surface area contributed by atoms with Gasteiger partial charge in [-0.05, 0) is 60.2 Å². The van der Waals surface area contributed by atoms with Crippen molar-refractivity contribution in [2.24, 2.45) is 0 Å². The lowest BCUT2D eigenvalue weighted by molar-refractivity contribution is -0.385. The number of hydrogen-bond acceptors (Lipinski definition) is 6. The summed E-state index contributed by atoms with van der Waals surface area (Å²) in [5.74, 6) is 0.0647. The molecule has 0 radical (unpaired) electrons. The second-order valence-electron chi connectivity index (χ2n) is 7.55. The first-order valence-corrected chi connectivity index (χ1v) is 11.9. The number of nitro groups is 1. The van der Waals surface area contributed by atoms with E-state index in [1.165, 1.54) is 11.0 Å². The average Bonchev–Trinajstić information content (AvgIpc) is 3.07. The number of rotatable bonds is 7. The van der Waals surface area contributed by atoms with E-state index < -0.39 is 4.92 Å². The van der Waals surface area contributed by atoms with E-state index in [2.05, 4.69) is 15.9 Å². The third-order valence-electron chi connectivity index (χ3n) is 5.29. The van der Waals surface area contributed by atoms with Crippen molar-refractivity contribution in [2.45, 2.75) is 20.1 Å². The summed E-state index contributed by atoms with van der Waals surface area (Å²) in [6, 6.07) is 19.2. The Balaban J connectivity index is 1.58. The van der Waals surface area contributed by atoms with Gasteiger partial charge in [-0.25, -0.2) is 0 Å². The highest BCUT2D eigenvalue weighted by Crippen LogP contribution is 2.36. The number of aryl methyl sites for hydroxylation is 1. The van der Waals surface area contributed by atoms with Gasteiger partial charge in [0.15, 0.2) is 0 Å². The molecule has 0 atom stereocenters. The van der Waals surface area contributed by atoms with E-state index in [1.807, 2.05) is 31.2 Å². The number of thioether (sulfide) groups is 1. The van der Waals surface area contributed by atoms with Crippen LogP contribution in [0.1, 0.15) is 22.3 Å². The van der Waals surface area contributed by atoms with Crippen LogP contribution in [0.4, 0.5) is 10.5 Å². The molecule has 0 N–H and O–H groups in total. The van der Waals surface area contributed by atoms with Crippen molar-refractivity contribution >= 4 is 50.6 Å². The summed E-state index contributed by atoms with van der Waals surface area (Å²) in [6.45, 7) is 2.12. The van der Waals surface area contributed by atoms with E-state index in [0.717, 1.165) is 27.4 Å². The summed E-state index contributed by atoms with van der Waals surface area (Å²) in [6.07, 6.45) is 1.61. The number of amides is 2. The van der Waals surface area contributed by atoms with E-state index in [-0.39, 0.29) is 34.9 Å². The maximum absolute atomic E-state index is 13.0. The predicted molar refractivity (Wildman–Crippen MR) is 134 cm³/mol. The number of halogens is 1. The minimum atomic E-state index is -0.453. The summed E-state index contributed by atoms with van der Waals surface area (Å²) >= 11 is 4.30. The lowest BCUT2D eigenvalue weighted by Crippen LogP contribution is -2.27. The standard InChI is InChI=1S/C25H19BrN2O5S/c1-16-6-2-3-7-17(16)14-27-24(29)23(34-25(27)30)13-19-12-20(26)10-11-22(19)33-15-18-8-4-5-9-21(18)28(31)32/h2-13H,14-15H2,1H3/b23-13-. The molecular formula is C25H19BrN2O5S. The molecule has 9 heteroatoms. The lowest BCUT2D eigenvalue weighted by atomic mass is 10.1. The highest BCUT2D eigenvalue weighted by atomic mass is 79.9. The molecule has 1 heterocycles. The van der Waals surface area contributed by atoms with Gasteiger partial charge in [-0.15, -0.1) is 0 Å². The smallest absolute Gasteiger partial charge is 0.293 e. The predicted octanol–water partition coefficient (Wildman–Crippen LogP) is 6.48. The van der Waals surface area contributed by atoms with Gasteiger partial charge in [0, 0.05) is 16.1 Å². The zero-order chi connectivity index (χ0) is 24.2. The van der Waals surface area contributed by atoms with Gasteiger partial charge in [0.2, 0.25) is 0 Å². The number of ether oxygens (including phenoxy) is 1. The number of benzene rings is 3. The third kappa shape index (κ3) is 5.21. The summed E-state index contributed by atoms with van der Waals surface area (Å²) in [5.41, 5.74) is 2.89. The molecule has 4 rings (SSSR count). The van der Waals surface area contributed by atoms with Crippen LogP contribution in [0.3, 0.4) is 0 Å². The highest BCUT2D eigenvalue weighted by Gasteiger charge is 2.35. The van der Waals surface area contributed by atoms with Crippen LogP contribution in [0.2, 0.25) is 0 Å². The van der Waals surface area contributed by atoms with Crippen LogP contribution in [-0.4, -0.2) is 21.0 Å². The molecule has 1 aliphatic rings. The van der Waals surface area contributed by atoms with Gasteiger partial charge in [-0.2, -0.15) is 0 Å². The summed E-state index contributed by atoms with van der Waals surface area (Å²) in [7, 11) is 0. The van der Waals surface area contributed by atoms with Crippen molar-refractivity contribution in [1.82, 2.24) is 4.90 Å². The zero-order valence-corrected chi connectivity index (χ0v) is 20.5. The SMILES string of the molecule is Cc1ccccc1CN1C(=O)S/C(=C\c2cc(Br)ccc2OCc2ccccc2[N+](=O)[O-])C1=O. The molecule has 1 aliphatic heterocycles. The fourth-order valence-electron chi connectivity index (χ4n) is 3.47. The van der Waals surface area contributed by atoms with Crippen molar-refractivity contribution in [3.05, 3.63) is 108 Å². The topological polar surface area (TPSA) is 89.8 Å². The molecule has 7 nitrogen and oxygen atoms in total. The molecule has 0 aromatic heterocycles. The Morgan fingerprint density at radius 3 is 2.50 bits per heavy atom. The first-order valence-electron chi connectivity index (χ1n) is 10.3. The normalized spacial score (nSPS) is 14.6. The largest absolute Gasteiger partial charge is 0.488 e. The van der Waals surface area contributed by atoms with E-state index in [1.54, 1.807) is 42.5 Å². The van der Waals surface area contributed by atoms with E-state index in [4.69, 9.17) is 4.74 Å². The number of nitrogens with zero attached hydrogens (tertiary/aromatic N) is 2. The Bertz CT molecular complexity index is 1320. The van der Waals surface area contributed by atoms with E-state index >= 15 is 0 Å². The van der Waals surface area contributed by atoms with Gasteiger partial charge in [-0.1, -0.05) is 52.3 Å². The molecule has 172 valence electrons. The molecule has 0 unspecified atom stereocenters. The summed E-state index contributed by atoms with van der Waals surface area (Å²) < 4.78 is 6.65. The molecule has 1 saturated heterocycles. The number of carbonyl (C=O) groups excluding carboxylic acids is 2. The zero-order valence-electron chi connectivity index (χ0n) is 18.1. The molecule has 34 heavy (non-hydrogen) atoms. The fourth-order valence-corrected chi connectivity index (χ4v) is 4.67. The molecule has 1 fully saturated rings. The van der Waals surface area contributed by atoms with Gasteiger partial charge in [-0.3, -0.25) is 24.6 Å². The lowest BCUT2D eigenvalue weighted by Gasteiger charge is -2.14. The maximum Gasteiger partial charge on any atom is 0.293 e. The molecular weight excluding hydrogens is 520 g/mol. The Morgan fingerprint density at radius 1 is 1.06 bits per heavy atom. The van der Waals surface area contributed by atoms with Crippen LogP contribution in [0, 0.1) is 17.0 Å². The first kappa shape index (κ1) is 23.7. The minimum absolute atomic E-state index is 0.0195. The molecule has 3 aromatic rings. The van der Waals surface area contributed by atoms with Crippen LogP contribution in [0.15, 0.2) is 76.1 Å². The number of nitro benzene ring substituents is 1. The summed E-state index contributed by atoms with van der Waals surface area (Å²) in [4.78, 5) is 37.9. The molecule has 0 aliphatic carbocycles. The first-order chi connectivity index (χ1) is 16.3. The van der Waals surface area contributed by atoms with Crippen molar-refractivity contribution in [1.29, 1.82) is 0 Å². The maximum atomic E-state index is 13.0. The van der Waals surface area contributed by atoms with Crippen molar-refractivity contribution in [2.75, 3.05) is 0 Å². The van der Waals surface area contributed by atoms with Gasteiger partial charge in [0.1, 0.15) is 12.4 Å². The van der Waals surface area contributed by atoms with Crippen LogP contribution in [0.25, 0.3) is 6.08 Å². The number of hydrogen-bond donors (Lipinski definition) is 0. The number of carbonyl (C=O) groups is 2. The third-order valence-corrected chi connectivity index (χ3v) is 6.69. The quantitative estimate of drug-likeness (QED) is 0.194. The molecule has 2 amide bonds. The van der Waals surface area contributed by atoms with Crippen molar-refractivity contribution < 1.29 is 19.2 Å². The molecule has 0 bridgehead atoms. The Labute approximate surface area is 208 Å². The van der Waals surface area contributed by atoms with Crippen LogP contribution in [-0.2, 0) is 17.9 Å². The van der Waals surface area contributed by atoms with Crippen LogP contribution in [0.5, 0.6) is 5.75 Å². The van der Waals surface area contributed by atoms with E-state index in [0.29, 0.717) is 16.9 Å². The monoisotopic (exact) mass is 538 g/mol. The molecule has 0 spiro atoms. The second kappa shape index (κ2) is 10.2. The Hall–Kier alpha value is -3.43. The Morgan fingerprint density at radius 2 is 1.76 bits per heavy atom. The summed E-state index contributed by atoms with van der Waals surface area (Å²) in [5, 5.41) is 10.9. The number of para-hydroxylation sites is 1. The highest BCUT2D eigenvalue weighted by molar-refractivity contribution is 9.10. The van der Waals surface area contributed by atoms with Crippen molar-refractivity contribution in [3.63, 3.8) is 0 Å². The van der Waals surface area contributed by atoms with E-state index in [9.17, 15) is 19.7 Å². The molecule has 3 aromatic carbocycles. The van der Waals surface area contributed by atoms with Gasteiger partial charge in [0.05, 0.1) is 21.9 Å². The minimum Gasteiger partial charge on any atom is -0.488 e.